The highest BCUT2D eigenvalue weighted by molar-refractivity contribution is 6.27. The van der Waals surface area contributed by atoms with Gasteiger partial charge in [0.2, 0.25) is 0 Å². The van der Waals surface area contributed by atoms with Gasteiger partial charge in [-0.2, -0.15) is 0 Å². The number of rotatable bonds is 6. The Kier molecular flexibility index (Phi) is 10.0. The highest BCUT2D eigenvalue weighted by Gasteiger charge is 2.04. The summed E-state index contributed by atoms with van der Waals surface area (Å²) in [6.07, 6.45) is 0. The van der Waals surface area contributed by atoms with Crippen LogP contribution in [0, 0.1) is 0 Å². The summed E-state index contributed by atoms with van der Waals surface area (Å²) < 4.78 is 5.19. The number of hydrogen-bond donors (Lipinski definition) is 2. The van der Waals surface area contributed by atoms with Crippen LogP contribution in [0.1, 0.15) is 12.5 Å². The van der Waals surface area contributed by atoms with Gasteiger partial charge in [0.25, 0.3) is 0 Å². The van der Waals surface area contributed by atoms with Crippen LogP contribution in [0.15, 0.2) is 24.3 Å². The summed E-state index contributed by atoms with van der Waals surface area (Å²) in [5.74, 6) is -2.06. The van der Waals surface area contributed by atoms with Crippen molar-refractivity contribution in [2.45, 2.75) is 13.5 Å². The summed E-state index contributed by atoms with van der Waals surface area (Å²) in [6.45, 7) is 5.02. The van der Waals surface area contributed by atoms with Gasteiger partial charge in [0, 0.05) is 19.0 Å². The van der Waals surface area contributed by atoms with Crippen molar-refractivity contribution in [3.63, 3.8) is 0 Å². The second kappa shape index (κ2) is 10.9. The Hall–Kier alpha value is -1.79. The van der Waals surface area contributed by atoms with Crippen molar-refractivity contribution >= 4 is 23.5 Å². The molecule has 0 fully saturated rings. The Labute approximate surface area is 128 Å². The van der Waals surface area contributed by atoms with E-state index in [9.17, 15) is 0 Å². The summed E-state index contributed by atoms with van der Waals surface area (Å²) >= 11 is 5.73. The first kappa shape index (κ1) is 19.2. The number of ether oxygens (including phenoxy) is 1. The average molecular weight is 318 g/mol. The van der Waals surface area contributed by atoms with Gasteiger partial charge in [-0.25, -0.2) is 9.59 Å². The molecule has 0 aliphatic heterocycles. The minimum Gasteiger partial charge on any atom is -0.497 e. The maximum Gasteiger partial charge on any atom is 0.414 e. The molecule has 2 N–H and O–H groups in total. The number of aliphatic carboxylic acids is 2. The van der Waals surface area contributed by atoms with Crippen LogP contribution in [0.4, 0.5) is 0 Å². The molecule has 7 heteroatoms. The van der Waals surface area contributed by atoms with Crippen molar-refractivity contribution in [2.24, 2.45) is 0 Å². The first-order chi connectivity index (χ1) is 9.94. The van der Waals surface area contributed by atoms with Crippen LogP contribution in [0.2, 0.25) is 0 Å². The number of carbonyl (C=O) groups is 2. The molecule has 0 saturated heterocycles. The number of carboxylic acid groups (broad SMARTS) is 2. The number of halogens is 1. The third kappa shape index (κ3) is 8.88. The molecule has 0 radical (unpaired) electrons. The van der Waals surface area contributed by atoms with Crippen LogP contribution in [-0.2, 0) is 16.1 Å². The maximum absolute atomic E-state index is 9.10. The lowest BCUT2D eigenvalue weighted by Gasteiger charge is -2.19. The number of alkyl halides is 1. The normalized spacial score (nSPS) is 9.71. The zero-order chi connectivity index (χ0) is 16.3. The topological polar surface area (TPSA) is 87.1 Å². The lowest BCUT2D eigenvalue weighted by atomic mass is 10.2. The molecule has 0 aromatic heterocycles. The SMILES string of the molecule is CCN(CCCl)Cc1cccc(OC)c1.O=C(O)C(=O)O. The summed E-state index contributed by atoms with van der Waals surface area (Å²) in [4.78, 5) is 20.5. The Morgan fingerprint density at radius 1 is 1.29 bits per heavy atom. The van der Waals surface area contributed by atoms with E-state index in [0.29, 0.717) is 5.88 Å². The van der Waals surface area contributed by atoms with Gasteiger partial charge in [0.05, 0.1) is 7.11 Å². The van der Waals surface area contributed by atoms with Crippen molar-refractivity contribution in [1.29, 1.82) is 0 Å². The highest BCUT2D eigenvalue weighted by Crippen LogP contribution is 2.14. The number of methoxy groups -OCH3 is 1. The predicted octanol–water partition coefficient (Wildman–Crippen LogP) is 1.91. The van der Waals surface area contributed by atoms with Crippen molar-refractivity contribution in [3.8, 4) is 5.75 Å². The summed E-state index contributed by atoms with van der Waals surface area (Å²) in [7, 11) is 1.69. The molecule has 1 aromatic rings. The number of hydrogen-bond acceptors (Lipinski definition) is 4. The molecule has 0 atom stereocenters. The first-order valence-corrected chi connectivity index (χ1v) is 6.85. The third-order valence-corrected chi connectivity index (χ3v) is 2.74. The molecule has 21 heavy (non-hydrogen) atoms. The van der Waals surface area contributed by atoms with Gasteiger partial charge in [0.15, 0.2) is 0 Å². The zero-order valence-corrected chi connectivity index (χ0v) is 12.8. The molecule has 0 bridgehead atoms. The van der Waals surface area contributed by atoms with Crippen molar-refractivity contribution in [3.05, 3.63) is 29.8 Å². The number of benzene rings is 1. The van der Waals surface area contributed by atoms with Crippen molar-refractivity contribution < 1.29 is 24.5 Å². The molecule has 0 heterocycles. The monoisotopic (exact) mass is 317 g/mol. The minimum atomic E-state index is -1.82. The molecule has 0 spiro atoms. The van der Waals surface area contributed by atoms with E-state index in [2.05, 4.69) is 24.0 Å². The smallest absolute Gasteiger partial charge is 0.414 e. The Morgan fingerprint density at radius 3 is 2.33 bits per heavy atom. The van der Waals surface area contributed by atoms with Crippen molar-refractivity contribution in [1.82, 2.24) is 4.90 Å². The Balaban J connectivity index is 0.000000567. The fourth-order valence-electron chi connectivity index (χ4n) is 1.50. The largest absolute Gasteiger partial charge is 0.497 e. The van der Waals surface area contributed by atoms with Crippen LogP contribution >= 0.6 is 11.6 Å². The second-order valence-corrected chi connectivity index (χ2v) is 4.40. The lowest BCUT2D eigenvalue weighted by Crippen LogP contribution is -2.24. The van der Waals surface area contributed by atoms with E-state index in [1.54, 1.807) is 7.11 Å². The molecule has 0 unspecified atom stereocenters. The third-order valence-electron chi connectivity index (χ3n) is 2.57. The highest BCUT2D eigenvalue weighted by atomic mass is 35.5. The molecule has 6 nitrogen and oxygen atoms in total. The van der Waals surface area contributed by atoms with Gasteiger partial charge >= 0.3 is 11.9 Å². The summed E-state index contributed by atoms with van der Waals surface area (Å²) in [5.41, 5.74) is 1.27. The van der Waals surface area contributed by atoms with Gasteiger partial charge in [-0.05, 0) is 24.2 Å². The average Bonchev–Trinajstić information content (AvgIpc) is 2.47. The summed E-state index contributed by atoms with van der Waals surface area (Å²) in [6, 6.07) is 8.15. The Morgan fingerprint density at radius 2 is 1.90 bits per heavy atom. The van der Waals surface area contributed by atoms with Crippen LogP contribution < -0.4 is 4.74 Å². The molecule has 0 saturated carbocycles. The molecule has 1 aromatic carbocycles. The van der Waals surface area contributed by atoms with Gasteiger partial charge in [-0.15, -0.1) is 11.6 Å². The second-order valence-electron chi connectivity index (χ2n) is 4.02. The van der Waals surface area contributed by atoms with Crippen LogP contribution in [0.5, 0.6) is 5.75 Å². The Bertz CT molecular complexity index is 441. The van der Waals surface area contributed by atoms with E-state index in [-0.39, 0.29) is 0 Å². The molecule has 0 aliphatic rings. The molecular weight excluding hydrogens is 298 g/mol. The van der Waals surface area contributed by atoms with E-state index in [0.717, 1.165) is 25.4 Å². The van der Waals surface area contributed by atoms with Gasteiger partial charge in [-0.1, -0.05) is 19.1 Å². The van der Waals surface area contributed by atoms with E-state index in [1.165, 1.54) is 5.56 Å². The van der Waals surface area contributed by atoms with Crippen LogP contribution in [0.3, 0.4) is 0 Å². The van der Waals surface area contributed by atoms with Crippen molar-refractivity contribution in [2.75, 3.05) is 26.1 Å². The molecule has 0 aliphatic carbocycles. The number of carboxylic acids is 2. The first-order valence-electron chi connectivity index (χ1n) is 6.32. The molecule has 0 amide bonds. The maximum atomic E-state index is 9.10. The standard InChI is InChI=1S/C12H18ClNO.C2H2O4/c1-3-14(8-7-13)10-11-5-4-6-12(9-11)15-2;3-1(4)2(5)6/h4-6,9H,3,7-8,10H2,1-2H3;(H,3,4)(H,5,6). The van der Waals surface area contributed by atoms with Gasteiger partial charge in [-0.3, -0.25) is 4.90 Å². The van der Waals surface area contributed by atoms with E-state index in [1.807, 2.05) is 12.1 Å². The molecule has 118 valence electrons. The summed E-state index contributed by atoms with van der Waals surface area (Å²) in [5, 5.41) is 14.8. The molecular formula is C14H20ClNO5. The number of nitrogens with zero attached hydrogens (tertiary/aromatic N) is 1. The quantitative estimate of drug-likeness (QED) is 0.615. The van der Waals surface area contributed by atoms with E-state index in [4.69, 9.17) is 36.1 Å². The van der Waals surface area contributed by atoms with E-state index >= 15 is 0 Å². The fourth-order valence-corrected chi connectivity index (χ4v) is 1.74. The van der Waals surface area contributed by atoms with Gasteiger partial charge < -0.3 is 14.9 Å². The minimum absolute atomic E-state index is 0.678. The van der Waals surface area contributed by atoms with Crippen LogP contribution in [-0.4, -0.2) is 53.1 Å². The predicted molar refractivity (Wildman–Crippen MR) is 79.9 cm³/mol. The lowest BCUT2D eigenvalue weighted by molar-refractivity contribution is -0.159. The van der Waals surface area contributed by atoms with Gasteiger partial charge in [0.1, 0.15) is 5.75 Å². The van der Waals surface area contributed by atoms with Crippen LogP contribution in [0.25, 0.3) is 0 Å². The fraction of sp³-hybridized carbons (Fsp3) is 0.429. The van der Waals surface area contributed by atoms with E-state index < -0.39 is 11.9 Å². The zero-order valence-electron chi connectivity index (χ0n) is 12.1. The molecule has 1 rings (SSSR count).